The SMILES string of the molecule is CCc1c(C(=O)C(N)=O)c2c(OCC(=O)OC)cccc2n1Cc1ccccc1.CCc1cc2c(OCC(=O)OC)cccc2n1Cc1ccccc1. The van der Waals surface area contributed by atoms with Crippen molar-refractivity contribution in [3.8, 4) is 11.5 Å². The van der Waals surface area contributed by atoms with Crippen molar-refractivity contribution in [2.75, 3.05) is 27.4 Å². The number of nitrogens with zero attached hydrogens (tertiary/aromatic N) is 2. The summed E-state index contributed by atoms with van der Waals surface area (Å²) in [4.78, 5) is 47.3. The molecule has 0 bridgehead atoms. The Kier molecular flexibility index (Phi) is 12.7. The van der Waals surface area contributed by atoms with Crippen molar-refractivity contribution in [3.05, 3.63) is 131 Å². The zero-order valence-corrected chi connectivity index (χ0v) is 30.3. The van der Waals surface area contributed by atoms with Crippen molar-refractivity contribution in [1.82, 2.24) is 9.13 Å². The fourth-order valence-corrected chi connectivity index (χ4v) is 6.30. The molecule has 274 valence electrons. The van der Waals surface area contributed by atoms with E-state index in [0.717, 1.165) is 34.9 Å². The topological polar surface area (TPSA) is 141 Å². The Balaban J connectivity index is 0.000000208. The van der Waals surface area contributed by atoms with Gasteiger partial charge in [0.2, 0.25) is 0 Å². The third kappa shape index (κ3) is 8.75. The second-order valence-corrected chi connectivity index (χ2v) is 12.1. The second kappa shape index (κ2) is 17.7. The van der Waals surface area contributed by atoms with Gasteiger partial charge in [0.1, 0.15) is 11.5 Å². The predicted octanol–water partition coefficient (Wildman–Crippen LogP) is 6.28. The number of amides is 1. The number of carbonyl (C=O) groups excluding carboxylic acids is 4. The lowest BCUT2D eigenvalue weighted by Gasteiger charge is -2.11. The summed E-state index contributed by atoms with van der Waals surface area (Å²) >= 11 is 0. The molecule has 6 aromatic rings. The summed E-state index contributed by atoms with van der Waals surface area (Å²) in [5, 5.41) is 1.49. The number of ketones is 1. The number of primary amides is 1. The molecule has 2 aromatic heterocycles. The molecule has 53 heavy (non-hydrogen) atoms. The van der Waals surface area contributed by atoms with Gasteiger partial charge in [0.15, 0.2) is 13.2 Å². The first-order chi connectivity index (χ1) is 25.7. The largest absolute Gasteiger partial charge is 0.481 e. The molecule has 0 atom stereocenters. The highest BCUT2D eigenvalue weighted by atomic mass is 16.6. The van der Waals surface area contributed by atoms with Gasteiger partial charge in [0, 0.05) is 29.9 Å². The summed E-state index contributed by atoms with van der Waals surface area (Å²) in [7, 11) is 2.62. The highest BCUT2D eigenvalue weighted by Gasteiger charge is 2.27. The van der Waals surface area contributed by atoms with Crippen LogP contribution in [0.5, 0.6) is 11.5 Å². The molecular weight excluding hydrogens is 674 g/mol. The van der Waals surface area contributed by atoms with E-state index in [2.05, 4.69) is 57.4 Å². The van der Waals surface area contributed by atoms with Gasteiger partial charge in [0.05, 0.1) is 36.2 Å². The normalized spacial score (nSPS) is 10.7. The first-order valence-corrected chi connectivity index (χ1v) is 17.3. The van der Waals surface area contributed by atoms with Crippen LogP contribution < -0.4 is 15.2 Å². The van der Waals surface area contributed by atoms with Gasteiger partial charge in [-0.15, -0.1) is 0 Å². The Morgan fingerprint density at radius 3 is 1.68 bits per heavy atom. The number of hydrogen-bond donors (Lipinski definition) is 1. The van der Waals surface area contributed by atoms with Crippen LogP contribution in [0.15, 0.2) is 103 Å². The quantitative estimate of drug-likeness (QED) is 0.0790. The maximum atomic E-state index is 12.7. The number of aromatic nitrogens is 2. The van der Waals surface area contributed by atoms with Crippen LogP contribution in [0, 0.1) is 0 Å². The minimum absolute atomic E-state index is 0.0824. The number of Topliss-reactive ketones (excluding diaryl/α,β-unsaturated/α-hetero) is 1. The number of methoxy groups -OCH3 is 2. The lowest BCUT2D eigenvalue weighted by atomic mass is 10.0. The molecule has 0 aliphatic carbocycles. The van der Waals surface area contributed by atoms with E-state index in [1.165, 1.54) is 25.5 Å². The van der Waals surface area contributed by atoms with Crippen molar-refractivity contribution in [3.63, 3.8) is 0 Å². The van der Waals surface area contributed by atoms with Gasteiger partial charge in [-0.2, -0.15) is 0 Å². The predicted molar refractivity (Wildman–Crippen MR) is 202 cm³/mol. The number of ether oxygens (including phenoxy) is 4. The smallest absolute Gasteiger partial charge is 0.343 e. The van der Waals surface area contributed by atoms with E-state index < -0.39 is 17.7 Å². The highest BCUT2D eigenvalue weighted by molar-refractivity contribution is 6.45. The van der Waals surface area contributed by atoms with Gasteiger partial charge >= 0.3 is 11.9 Å². The molecule has 1 amide bonds. The average Bonchev–Trinajstić information content (AvgIpc) is 3.71. The van der Waals surface area contributed by atoms with Gasteiger partial charge in [0.25, 0.3) is 11.7 Å². The van der Waals surface area contributed by atoms with E-state index in [-0.39, 0.29) is 24.7 Å². The Hall–Kier alpha value is -6.36. The molecular formula is C42H43N3O8. The standard InChI is InChI=1S/C22H22N2O5.C20H21NO3/c1-3-15-20(21(26)22(23)27)19-16(24(15)12-14-8-5-4-6-9-14)10-7-11-17(19)29-13-18(25)28-2;1-3-16-12-17-18(21(16)13-15-8-5-4-6-9-15)10-7-11-19(17)24-14-20(22)23-2/h4-11H,3,12-13H2,1-2H3,(H2,23,27);4-12H,3,13-14H2,1-2H3. The van der Waals surface area contributed by atoms with E-state index in [9.17, 15) is 19.2 Å². The summed E-state index contributed by atoms with van der Waals surface area (Å²) in [6.45, 7) is 4.97. The van der Waals surface area contributed by atoms with Crippen LogP contribution in [0.4, 0.5) is 0 Å². The summed E-state index contributed by atoms with van der Waals surface area (Å²) < 4.78 is 24.8. The van der Waals surface area contributed by atoms with Crippen molar-refractivity contribution in [2.24, 2.45) is 5.73 Å². The number of hydrogen-bond acceptors (Lipinski definition) is 8. The van der Waals surface area contributed by atoms with Gasteiger partial charge in [-0.05, 0) is 54.3 Å². The number of rotatable bonds is 14. The molecule has 0 spiro atoms. The summed E-state index contributed by atoms with van der Waals surface area (Å²) in [5.41, 5.74) is 11.6. The Morgan fingerprint density at radius 1 is 0.623 bits per heavy atom. The molecule has 0 unspecified atom stereocenters. The molecule has 0 radical (unpaired) electrons. The minimum Gasteiger partial charge on any atom is -0.481 e. The van der Waals surface area contributed by atoms with Crippen LogP contribution >= 0.6 is 0 Å². The van der Waals surface area contributed by atoms with Crippen LogP contribution in [0.1, 0.15) is 46.7 Å². The monoisotopic (exact) mass is 717 g/mol. The van der Waals surface area contributed by atoms with Crippen LogP contribution in [-0.4, -0.2) is 60.2 Å². The van der Waals surface area contributed by atoms with Crippen molar-refractivity contribution in [1.29, 1.82) is 0 Å². The summed E-state index contributed by atoms with van der Waals surface area (Å²) in [6, 6.07) is 33.5. The summed E-state index contributed by atoms with van der Waals surface area (Å²) in [5.74, 6) is -1.73. The first-order valence-electron chi connectivity index (χ1n) is 17.3. The number of nitrogens with two attached hydrogens (primary N) is 1. The molecule has 0 saturated carbocycles. The Morgan fingerprint density at radius 2 is 1.15 bits per heavy atom. The second-order valence-electron chi connectivity index (χ2n) is 12.1. The van der Waals surface area contributed by atoms with Crippen molar-refractivity contribution < 1.29 is 38.1 Å². The van der Waals surface area contributed by atoms with Gasteiger partial charge in [-0.1, -0.05) is 86.6 Å². The molecule has 11 heteroatoms. The molecule has 0 fully saturated rings. The van der Waals surface area contributed by atoms with E-state index >= 15 is 0 Å². The number of esters is 2. The number of fused-ring (bicyclic) bond motifs is 2. The highest BCUT2D eigenvalue weighted by Crippen LogP contribution is 2.35. The van der Waals surface area contributed by atoms with Crippen LogP contribution in [0.3, 0.4) is 0 Å². The van der Waals surface area contributed by atoms with Gasteiger partial charge < -0.3 is 33.8 Å². The van der Waals surface area contributed by atoms with Crippen molar-refractivity contribution >= 4 is 45.4 Å². The minimum atomic E-state index is -1.04. The Labute approximate surface area is 307 Å². The molecule has 11 nitrogen and oxygen atoms in total. The van der Waals surface area contributed by atoms with Gasteiger partial charge in [-0.25, -0.2) is 9.59 Å². The maximum Gasteiger partial charge on any atom is 0.343 e. The zero-order valence-electron chi connectivity index (χ0n) is 30.3. The average molecular weight is 718 g/mol. The Bertz CT molecular complexity index is 2220. The first kappa shape index (κ1) is 37.9. The fourth-order valence-electron chi connectivity index (χ4n) is 6.30. The number of benzene rings is 4. The molecule has 2 heterocycles. The van der Waals surface area contributed by atoms with Crippen LogP contribution in [-0.2, 0) is 49.8 Å². The zero-order chi connectivity index (χ0) is 37.9. The lowest BCUT2D eigenvalue weighted by molar-refractivity contribution is -0.143. The third-order valence-electron chi connectivity index (χ3n) is 8.81. The molecule has 0 saturated heterocycles. The molecule has 4 aromatic carbocycles. The van der Waals surface area contributed by atoms with E-state index in [1.54, 1.807) is 12.1 Å². The van der Waals surface area contributed by atoms with E-state index in [0.29, 0.717) is 35.5 Å². The molecule has 6 rings (SSSR count). The van der Waals surface area contributed by atoms with Crippen LogP contribution in [0.2, 0.25) is 0 Å². The maximum absolute atomic E-state index is 12.7. The number of aryl methyl sites for hydroxylation is 1. The molecule has 0 aliphatic heterocycles. The van der Waals surface area contributed by atoms with Crippen LogP contribution in [0.25, 0.3) is 21.8 Å². The molecule has 2 N–H and O–H groups in total. The van der Waals surface area contributed by atoms with E-state index in [1.807, 2.05) is 66.1 Å². The summed E-state index contributed by atoms with van der Waals surface area (Å²) in [6.07, 6.45) is 1.43. The van der Waals surface area contributed by atoms with Crippen molar-refractivity contribution in [2.45, 2.75) is 39.8 Å². The third-order valence-corrected chi connectivity index (χ3v) is 8.81. The van der Waals surface area contributed by atoms with E-state index in [4.69, 9.17) is 15.2 Å². The lowest BCUT2D eigenvalue weighted by Crippen LogP contribution is -2.24. The van der Waals surface area contributed by atoms with Gasteiger partial charge in [-0.3, -0.25) is 9.59 Å². The molecule has 0 aliphatic rings. The fraction of sp³-hybridized carbons (Fsp3) is 0.238. The number of carbonyl (C=O) groups is 4.